The molecule has 0 atom stereocenters. The van der Waals surface area contributed by atoms with E-state index in [4.69, 9.17) is 0 Å². The van der Waals surface area contributed by atoms with E-state index in [1.807, 2.05) is 0 Å². The van der Waals surface area contributed by atoms with E-state index in [1.165, 1.54) is 24.3 Å². The number of para-hydroxylation sites is 1. The van der Waals surface area contributed by atoms with Crippen LogP contribution in [0.2, 0.25) is 0 Å². The molecule has 1 aliphatic carbocycles. The van der Waals surface area contributed by atoms with Gasteiger partial charge in [0.05, 0.1) is 16.9 Å². The van der Waals surface area contributed by atoms with Gasteiger partial charge in [-0.25, -0.2) is 9.48 Å². The number of aryl methyl sites for hydroxylation is 1. The summed E-state index contributed by atoms with van der Waals surface area (Å²) in [5.74, 6) is -0.597. The van der Waals surface area contributed by atoms with E-state index in [2.05, 4.69) is 15.7 Å². The Morgan fingerprint density at radius 3 is 2.61 bits per heavy atom. The minimum Gasteiger partial charge on any atom is -0.323 e. The predicted molar refractivity (Wildman–Crippen MR) is 113 cm³/mol. The van der Waals surface area contributed by atoms with Crippen molar-refractivity contribution in [3.05, 3.63) is 41.6 Å². The molecule has 0 unspecified atom stereocenters. The van der Waals surface area contributed by atoms with Gasteiger partial charge in [0, 0.05) is 19.0 Å². The van der Waals surface area contributed by atoms with Crippen LogP contribution < -0.4 is 10.6 Å². The Balaban J connectivity index is 1.41. The van der Waals surface area contributed by atoms with Gasteiger partial charge in [0.25, 0.3) is 5.91 Å². The Labute approximate surface area is 188 Å². The number of benzene rings is 1. The number of urea groups is 1. The highest BCUT2D eigenvalue weighted by Gasteiger charge is 2.52. The summed E-state index contributed by atoms with van der Waals surface area (Å²) in [7, 11) is 0. The maximum absolute atomic E-state index is 13.4. The van der Waals surface area contributed by atoms with E-state index in [-0.39, 0.29) is 36.8 Å². The predicted octanol–water partition coefficient (Wildman–Crippen LogP) is 3.78. The van der Waals surface area contributed by atoms with Crippen molar-refractivity contribution in [2.24, 2.45) is 0 Å². The number of imide groups is 1. The molecule has 1 saturated carbocycles. The first-order valence-corrected chi connectivity index (χ1v) is 10.8. The summed E-state index contributed by atoms with van der Waals surface area (Å²) in [4.78, 5) is 38.5. The van der Waals surface area contributed by atoms with Crippen LogP contribution >= 0.6 is 0 Å². The van der Waals surface area contributed by atoms with Crippen LogP contribution in [0.15, 0.2) is 30.3 Å². The number of hydrogen-bond acceptors (Lipinski definition) is 4. The number of anilines is 1. The first-order chi connectivity index (χ1) is 15.6. The van der Waals surface area contributed by atoms with Crippen molar-refractivity contribution in [1.29, 1.82) is 0 Å². The van der Waals surface area contributed by atoms with Crippen molar-refractivity contribution in [3.63, 3.8) is 0 Å². The Morgan fingerprint density at radius 1 is 1.21 bits per heavy atom. The fourth-order valence-electron chi connectivity index (χ4n) is 4.47. The number of alkyl halides is 3. The molecule has 176 valence electrons. The second-order valence-electron chi connectivity index (χ2n) is 8.43. The molecule has 1 spiro atoms. The van der Waals surface area contributed by atoms with Crippen LogP contribution in [-0.4, -0.2) is 44.6 Å². The molecule has 1 aromatic heterocycles. The van der Waals surface area contributed by atoms with Gasteiger partial charge in [-0.15, -0.1) is 0 Å². The number of aromatic nitrogens is 2. The fourth-order valence-corrected chi connectivity index (χ4v) is 4.47. The summed E-state index contributed by atoms with van der Waals surface area (Å²) >= 11 is 0. The lowest BCUT2D eigenvalue weighted by atomic mass is 9.98. The average molecular weight is 463 g/mol. The molecule has 33 heavy (non-hydrogen) atoms. The molecule has 11 heteroatoms. The van der Waals surface area contributed by atoms with Gasteiger partial charge in [0.2, 0.25) is 5.91 Å². The van der Waals surface area contributed by atoms with Gasteiger partial charge >= 0.3 is 12.2 Å². The molecule has 4 rings (SSSR count). The second-order valence-corrected chi connectivity index (χ2v) is 8.43. The molecule has 0 bridgehead atoms. The maximum atomic E-state index is 13.4. The molecule has 2 heterocycles. The molecule has 1 aromatic carbocycles. The summed E-state index contributed by atoms with van der Waals surface area (Å²) in [6.45, 7) is 1.70. The Morgan fingerprint density at radius 2 is 1.91 bits per heavy atom. The number of hydrogen-bond donors (Lipinski definition) is 2. The molecular weight excluding hydrogens is 439 g/mol. The number of amides is 4. The largest absolute Gasteiger partial charge is 0.418 e. The van der Waals surface area contributed by atoms with Gasteiger partial charge in [0.1, 0.15) is 11.4 Å². The molecule has 2 fully saturated rings. The van der Waals surface area contributed by atoms with E-state index >= 15 is 0 Å². The van der Waals surface area contributed by atoms with Crippen LogP contribution in [0.4, 0.5) is 23.8 Å². The maximum Gasteiger partial charge on any atom is 0.418 e. The Bertz CT molecular complexity index is 1090. The molecular formula is C22H24F3N5O3. The highest BCUT2D eigenvalue weighted by molar-refractivity contribution is 6.07. The lowest BCUT2D eigenvalue weighted by molar-refractivity contribution is -0.137. The van der Waals surface area contributed by atoms with Crippen molar-refractivity contribution in [2.45, 2.75) is 57.2 Å². The normalized spacial score (nSPS) is 17.6. The van der Waals surface area contributed by atoms with Crippen LogP contribution in [0.5, 0.6) is 0 Å². The summed E-state index contributed by atoms with van der Waals surface area (Å²) in [6.07, 6.45) is -1.37. The highest BCUT2D eigenvalue weighted by Crippen LogP contribution is 2.36. The number of halogens is 3. The summed E-state index contributed by atoms with van der Waals surface area (Å²) < 4.78 is 41.3. The third-order valence-corrected chi connectivity index (χ3v) is 6.03. The quantitative estimate of drug-likeness (QED) is 0.638. The lowest BCUT2D eigenvalue weighted by Crippen LogP contribution is -2.44. The van der Waals surface area contributed by atoms with Crippen molar-refractivity contribution < 1.29 is 27.6 Å². The van der Waals surface area contributed by atoms with Gasteiger partial charge in [-0.2, -0.15) is 18.3 Å². The van der Waals surface area contributed by atoms with Crippen molar-refractivity contribution in [3.8, 4) is 5.69 Å². The topological polar surface area (TPSA) is 96.3 Å². The van der Waals surface area contributed by atoms with E-state index in [0.717, 1.165) is 28.5 Å². The lowest BCUT2D eigenvalue weighted by Gasteiger charge is -2.20. The molecule has 2 aliphatic rings. The van der Waals surface area contributed by atoms with Gasteiger partial charge in [-0.3, -0.25) is 14.5 Å². The molecule has 8 nitrogen and oxygen atoms in total. The highest BCUT2D eigenvalue weighted by atomic mass is 19.4. The SMILES string of the molecule is Cc1cc(NC(=O)CCCN2C(=O)NC3(CCCC3)C2=O)n(-c2ccccc2C(F)(F)F)n1. The number of nitrogens with zero attached hydrogens (tertiary/aromatic N) is 3. The number of carbonyl (C=O) groups excluding carboxylic acids is 3. The zero-order valence-electron chi connectivity index (χ0n) is 18.0. The fraction of sp³-hybridized carbons (Fsp3) is 0.455. The standard InChI is InChI=1S/C22H24F3N5O3/c1-14-13-17(30(28-14)16-8-3-2-7-15(16)22(23,24)25)26-18(31)9-6-12-29-19(32)21(27-20(29)33)10-4-5-11-21/h2-3,7-8,13H,4-6,9-12H2,1H3,(H,26,31)(H,27,33). The second kappa shape index (κ2) is 8.53. The van der Waals surface area contributed by atoms with Crippen molar-refractivity contribution in [2.75, 3.05) is 11.9 Å². The van der Waals surface area contributed by atoms with Crippen LogP contribution in [0.1, 0.15) is 49.8 Å². The third kappa shape index (κ3) is 4.44. The Kier molecular flexibility index (Phi) is 5.89. The van der Waals surface area contributed by atoms with Crippen LogP contribution in [0.25, 0.3) is 5.69 Å². The zero-order chi connectivity index (χ0) is 23.8. The summed E-state index contributed by atoms with van der Waals surface area (Å²) in [5.41, 5.74) is -1.43. The van der Waals surface area contributed by atoms with E-state index in [0.29, 0.717) is 18.5 Å². The molecule has 4 amide bonds. The summed E-state index contributed by atoms with van der Waals surface area (Å²) in [5, 5.41) is 9.49. The van der Waals surface area contributed by atoms with Crippen LogP contribution in [-0.2, 0) is 15.8 Å². The van der Waals surface area contributed by atoms with Gasteiger partial charge in [0.15, 0.2) is 0 Å². The van der Waals surface area contributed by atoms with Gasteiger partial charge in [-0.1, -0.05) is 25.0 Å². The first kappa shape index (κ1) is 22.8. The minimum absolute atomic E-state index is 0.0186. The number of rotatable bonds is 6. The minimum atomic E-state index is -4.59. The van der Waals surface area contributed by atoms with Gasteiger partial charge < -0.3 is 10.6 Å². The van der Waals surface area contributed by atoms with Gasteiger partial charge in [-0.05, 0) is 38.3 Å². The first-order valence-electron chi connectivity index (χ1n) is 10.8. The number of nitrogens with one attached hydrogen (secondary N) is 2. The monoisotopic (exact) mass is 463 g/mol. The van der Waals surface area contributed by atoms with Crippen molar-refractivity contribution in [1.82, 2.24) is 20.0 Å². The molecule has 0 radical (unpaired) electrons. The zero-order valence-corrected chi connectivity index (χ0v) is 18.0. The third-order valence-electron chi connectivity index (χ3n) is 6.03. The van der Waals surface area contributed by atoms with Crippen LogP contribution in [0.3, 0.4) is 0 Å². The molecule has 1 saturated heterocycles. The molecule has 1 aliphatic heterocycles. The van der Waals surface area contributed by atoms with Crippen molar-refractivity contribution >= 4 is 23.7 Å². The van der Waals surface area contributed by atoms with E-state index < -0.39 is 29.2 Å². The average Bonchev–Trinajstić information content (AvgIpc) is 3.42. The molecule has 2 aromatic rings. The number of carbonyl (C=O) groups is 3. The van der Waals surface area contributed by atoms with E-state index in [9.17, 15) is 27.6 Å². The van der Waals surface area contributed by atoms with Crippen LogP contribution in [0, 0.1) is 6.92 Å². The van der Waals surface area contributed by atoms with E-state index in [1.54, 1.807) is 6.92 Å². The molecule has 2 N–H and O–H groups in total. The smallest absolute Gasteiger partial charge is 0.323 e. The Hall–Kier alpha value is -3.37. The summed E-state index contributed by atoms with van der Waals surface area (Å²) in [6, 6.07) is 6.01.